The molecule has 0 aliphatic heterocycles. The van der Waals surface area contributed by atoms with Crippen LogP contribution >= 0.6 is 7.82 Å². The smallest absolute Gasteiger partial charge is 0.394 e. The van der Waals surface area contributed by atoms with Crippen molar-refractivity contribution in [3.63, 3.8) is 0 Å². The third kappa shape index (κ3) is 5.27. The van der Waals surface area contributed by atoms with Crippen molar-refractivity contribution in [1.82, 2.24) is 0 Å². The Morgan fingerprint density at radius 1 is 0.640 bits per heavy atom. The predicted octanol–water partition coefficient (Wildman–Crippen LogP) is 5.94. The number of phosphoric ester groups is 1. The molecule has 3 rings (SSSR count). The first kappa shape index (κ1) is 16.9. The van der Waals surface area contributed by atoms with Crippen molar-refractivity contribution in [2.24, 2.45) is 0 Å². The normalized spacial score (nSPS) is 11.2. The van der Waals surface area contributed by atoms with E-state index in [1.165, 1.54) is 6.26 Å². The van der Waals surface area contributed by atoms with Crippen LogP contribution in [0.15, 0.2) is 97.3 Å². The van der Waals surface area contributed by atoms with Gasteiger partial charge >= 0.3 is 7.82 Å². The Bertz CT molecular complexity index is 803. The summed E-state index contributed by atoms with van der Waals surface area (Å²) in [5.74, 6) is 0.796. The maximum absolute atomic E-state index is 13.0. The summed E-state index contributed by atoms with van der Waals surface area (Å²) in [4.78, 5) is 0. The number of para-hydroxylation sites is 2. The molecule has 0 amide bonds. The van der Waals surface area contributed by atoms with E-state index in [1.807, 2.05) is 42.5 Å². The summed E-state index contributed by atoms with van der Waals surface area (Å²) in [6.07, 6.45) is 3.01. The summed E-state index contributed by atoms with van der Waals surface area (Å²) < 4.78 is 29.4. The minimum Gasteiger partial charge on any atom is -0.394 e. The first-order valence-corrected chi connectivity index (χ1v) is 9.19. The third-order valence-corrected chi connectivity index (χ3v) is 4.42. The SMILES string of the molecule is O=P(O/C=C/c1ccccc1)(Oc1ccccc1)Oc1ccccc1. The van der Waals surface area contributed by atoms with Crippen molar-refractivity contribution < 1.29 is 18.1 Å². The van der Waals surface area contributed by atoms with Gasteiger partial charge in [0, 0.05) is 0 Å². The van der Waals surface area contributed by atoms with Gasteiger partial charge in [-0.3, -0.25) is 0 Å². The minimum absolute atomic E-state index is 0.398. The molecule has 0 aromatic heterocycles. The molecule has 0 radical (unpaired) electrons. The Morgan fingerprint density at radius 3 is 1.56 bits per heavy atom. The molecule has 0 saturated carbocycles. The van der Waals surface area contributed by atoms with E-state index in [0.717, 1.165) is 5.56 Å². The first-order chi connectivity index (χ1) is 12.2. The van der Waals surface area contributed by atoms with Gasteiger partial charge in [0.25, 0.3) is 0 Å². The maximum Gasteiger partial charge on any atom is 0.646 e. The molecule has 0 spiro atoms. The van der Waals surface area contributed by atoms with Crippen molar-refractivity contribution >= 4 is 13.9 Å². The van der Waals surface area contributed by atoms with Crippen molar-refractivity contribution in [2.45, 2.75) is 0 Å². The van der Waals surface area contributed by atoms with Crippen LogP contribution in [0.2, 0.25) is 0 Å². The van der Waals surface area contributed by atoms with E-state index in [-0.39, 0.29) is 0 Å². The van der Waals surface area contributed by atoms with Gasteiger partial charge in [0.2, 0.25) is 0 Å². The van der Waals surface area contributed by atoms with Crippen LogP contribution in [0.25, 0.3) is 6.08 Å². The van der Waals surface area contributed by atoms with Gasteiger partial charge in [-0.1, -0.05) is 66.7 Å². The van der Waals surface area contributed by atoms with Crippen LogP contribution in [0.4, 0.5) is 0 Å². The fourth-order valence-electron chi connectivity index (χ4n) is 2.03. The minimum atomic E-state index is -3.89. The quantitative estimate of drug-likeness (QED) is 0.390. The van der Waals surface area contributed by atoms with Crippen LogP contribution < -0.4 is 9.05 Å². The van der Waals surface area contributed by atoms with E-state index in [9.17, 15) is 4.57 Å². The molecule has 0 bridgehead atoms. The van der Waals surface area contributed by atoms with Gasteiger partial charge in [0.15, 0.2) is 0 Å². The summed E-state index contributed by atoms with van der Waals surface area (Å²) in [5.41, 5.74) is 0.911. The van der Waals surface area contributed by atoms with Gasteiger partial charge in [0.1, 0.15) is 11.5 Å². The molecular weight excluding hydrogens is 335 g/mol. The second-order valence-electron chi connectivity index (χ2n) is 5.07. The second kappa shape index (κ2) is 8.22. The number of phosphoric acid groups is 1. The molecule has 0 fully saturated rings. The van der Waals surface area contributed by atoms with E-state index >= 15 is 0 Å². The summed E-state index contributed by atoms with van der Waals surface area (Å²) in [6, 6.07) is 27.1. The fraction of sp³-hybridized carbons (Fsp3) is 0. The average molecular weight is 352 g/mol. The van der Waals surface area contributed by atoms with Gasteiger partial charge in [-0.05, 0) is 35.9 Å². The monoisotopic (exact) mass is 352 g/mol. The summed E-state index contributed by atoms with van der Waals surface area (Å²) >= 11 is 0. The molecule has 0 unspecified atom stereocenters. The molecule has 0 heterocycles. The maximum atomic E-state index is 13.0. The van der Waals surface area contributed by atoms with Crippen LogP contribution in [-0.4, -0.2) is 0 Å². The van der Waals surface area contributed by atoms with Gasteiger partial charge in [-0.2, -0.15) is 4.57 Å². The van der Waals surface area contributed by atoms with Crippen LogP contribution in [0.3, 0.4) is 0 Å². The molecule has 0 aliphatic carbocycles. The molecule has 0 atom stereocenters. The molecule has 3 aromatic rings. The Hall–Kier alpha value is -2.97. The summed E-state index contributed by atoms with van der Waals surface area (Å²) in [7, 11) is -3.89. The molecule has 4 nitrogen and oxygen atoms in total. The Kier molecular flexibility index (Phi) is 5.55. The lowest BCUT2D eigenvalue weighted by Crippen LogP contribution is -2.02. The zero-order valence-corrected chi connectivity index (χ0v) is 14.3. The van der Waals surface area contributed by atoms with Gasteiger partial charge in [-0.15, -0.1) is 0 Å². The highest BCUT2D eigenvalue weighted by Gasteiger charge is 2.31. The Balaban J connectivity index is 1.78. The zero-order chi connectivity index (χ0) is 17.4. The number of hydrogen-bond acceptors (Lipinski definition) is 4. The van der Waals surface area contributed by atoms with E-state index in [0.29, 0.717) is 11.5 Å². The van der Waals surface area contributed by atoms with E-state index in [2.05, 4.69) is 0 Å². The van der Waals surface area contributed by atoms with Crippen LogP contribution in [0.1, 0.15) is 5.56 Å². The van der Waals surface area contributed by atoms with Crippen LogP contribution in [0.5, 0.6) is 11.5 Å². The van der Waals surface area contributed by atoms with Crippen molar-refractivity contribution in [1.29, 1.82) is 0 Å². The second-order valence-corrected chi connectivity index (χ2v) is 6.55. The van der Waals surface area contributed by atoms with Crippen LogP contribution in [0, 0.1) is 0 Å². The van der Waals surface area contributed by atoms with Crippen molar-refractivity contribution in [3.05, 3.63) is 103 Å². The Morgan fingerprint density at radius 2 is 1.08 bits per heavy atom. The standard InChI is InChI=1S/C20H17O4P/c21-25(23-19-12-6-2-7-13-19,24-20-14-8-3-9-15-20)22-17-16-18-10-4-1-5-11-18/h1-17H/b17-16+. The molecule has 0 saturated heterocycles. The highest BCUT2D eigenvalue weighted by Crippen LogP contribution is 2.49. The van der Waals surface area contributed by atoms with Crippen molar-refractivity contribution in [2.75, 3.05) is 0 Å². The summed E-state index contributed by atoms with van der Waals surface area (Å²) in [6.45, 7) is 0. The van der Waals surface area contributed by atoms with Gasteiger partial charge < -0.3 is 13.6 Å². The van der Waals surface area contributed by atoms with Gasteiger partial charge in [0.05, 0.1) is 6.26 Å². The molecule has 3 aromatic carbocycles. The number of hydrogen-bond donors (Lipinski definition) is 0. The molecule has 0 aliphatic rings. The average Bonchev–Trinajstić information content (AvgIpc) is 2.64. The van der Waals surface area contributed by atoms with Gasteiger partial charge in [-0.25, -0.2) is 0 Å². The number of benzene rings is 3. The largest absolute Gasteiger partial charge is 0.646 e. The van der Waals surface area contributed by atoms with Crippen molar-refractivity contribution in [3.8, 4) is 11.5 Å². The Labute approximate surface area is 146 Å². The fourth-order valence-corrected chi connectivity index (χ4v) is 3.12. The molecule has 5 heteroatoms. The molecule has 126 valence electrons. The van der Waals surface area contributed by atoms with Crippen LogP contribution in [-0.2, 0) is 9.09 Å². The van der Waals surface area contributed by atoms with E-state index in [1.54, 1.807) is 54.6 Å². The molecule has 0 N–H and O–H groups in total. The lowest BCUT2D eigenvalue weighted by atomic mass is 10.2. The third-order valence-electron chi connectivity index (χ3n) is 3.17. The lowest BCUT2D eigenvalue weighted by Gasteiger charge is -2.17. The zero-order valence-electron chi connectivity index (χ0n) is 13.4. The molecular formula is C20H17O4P. The number of rotatable bonds is 7. The summed E-state index contributed by atoms with van der Waals surface area (Å²) in [5, 5.41) is 0. The first-order valence-electron chi connectivity index (χ1n) is 7.73. The van der Waals surface area contributed by atoms with E-state index < -0.39 is 7.82 Å². The topological polar surface area (TPSA) is 44.8 Å². The highest BCUT2D eigenvalue weighted by atomic mass is 31.2. The van der Waals surface area contributed by atoms with E-state index in [4.69, 9.17) is 13.6 Å². The predicted molar refractivity (Wildman–Crippen MR) is 98.3 cm³/mol. The lowest BCUT2D eigenvalue weighted by molar-refractivity contribution is 0.274. The molecule has 25 heavy (non-hydrogen) atoms. The highest BCUT2D eigenvalue weighted by molar-refractivity contribution is 7.49.